The first-order chi connectivity index (χ1) is 4.72. The van der Waals surface area contributed by atoms with Crippen molar-refractivity contribution in [3.05, 3.63) is 0 Å². The summed E-state index contributed by atoms with van der Waals surface area (Å²) >= 11 is 0. The molecule has 1 aliphatic heterocycles. The third-order valence-corrected chi connectivity index (χ3v) is 2.06. The topological polar surface area (TPSA) is 35.9 Å². The molecule has 2 N–H and O–H groups in total. The second-order valence-electron chi connectivity index (χ2n) is 3.26. The highest BCUT2D eigenvalue weighted by Crippen LogP contribution is 2.10. The molecule has 12 heavy (non-hydrogen) atoms. The van der Waals surface area contributed by atoms with Gasteiger partial charge in [-0.2, -0.15) is 0 Å². The van der Waals surface area contributed by atoms with E-state index in [0.717, 1.165) is 18.7 Å². The van der Waals surface area contributed by atoms with Crippen molar-refractivity contribution in [1.82, 2.24) is 5.32 Å². The van der Waals surface area contributed by atoms with Gasteiger partial charge in [0.25, 0.3) is 0 Å². The van der Waals surface area contributed by atoms with Crippen molar-refractivity contribution in [1.29, 1.82) is 5.41 Å². The van der Waals surface area contributed by atoms with Gasteiger partial charge >= 0.3 is 0 Å². The average molecular weight is 213 g/mol. The number of halogens is 2. The maximum Gasteiger partial charge on any atom is 0.0451 e. The Hall–Kier alpha value is 0.210. The molecule has 0 aromatic carbocycles. The van der Waals surface area contributed by atoms with E-state index >= 15 is 0 Å². The Morgan fingerprint density at radius 3 is 2.33 bits per heavy atom. The maximum absolute atomic E-state index is 7.68. The summed E-state index contributed by atoms with van der Waals surface area (Å²) < 4.78 is 0. The fourth-order valence-electron chi connectivity index (χ4n) is 1.35. The van der Waals surface area contributed by atoms with Crippen LogP contribution in [0.1, 0.15) is 26.7 Å². The van der Waals surface area contributed by atoms with Crippen molar-refractivity contribution in [3.8, 4) is 0 Å². The summed E-state index contributed by atoms with van der Waals surface area (Å²) in [4.78, 5) is 0. The molecule has 0 saturated carbocycles. The molecule has 4 heteroatoms. The first-order valence-corrected chi connectivity index (χ1v) is 4.03. The Morgan fingerprint density at radius 2 is 2.00 bits per heavy atom. The number of nitrogens with one attached hydrogen (secondary N) is 2. The first-order valence-electron chi connectivity index (χ1n) is 4.03. The molecule has 0 aromatic rings. The van der Waals surface area contributed by atoms with E-state index in [2.05, 4.69) is 19.2 Å². The highest BCUT2D eigenvalue weighted by molar-refractivity contribution is 5.88. The van der Waals surface area contributed by atoms with Crippen LogP contribution in [0.4, 0.5) is 0 Å². The lowest BCUT2D eigenvalue weighted by atomic mass is 10.00. The van der Waals surface area contributed by atoms with Crippen molar-refractivity contribution >= 4 is 30.5 Å². The van der Waals surface area contributed by atoms with Crippen molar-refractivity contribution in [3.63, 3.8) is 0 Å². The SMILES string of the molecule is CC(C)C(=N)C1CCCN1.Cl.Cl. The quantitative estimate of drug-likeness (QED) is 0.678. The molecule has 0 spiro atoms. The van der Waals surface area contributed by atoms with E-state index < -0.39 is 0 Å². The second kappa shape index (κ2) is 6.70. The molecule has 0 aliphatic carbocycles. The molecule has 0 radical (unpaired) electrons. The van der Waals surface area contributed by atoms with Gasteiger partial charge in [0.2, 0.25) is 0 Å². The molecule has 1 fully saturated rings. The smallest absolute Gasteiger partial charge is 0.0451 e. The summed E-state index contributed by atoms with van der Waals surface area (Å²) in [7, 11) is 0. The van der Waals surface area contributed by atoms with Crippen LogP contribution in [0.3, 0.4) is 0 Å². The highest BCUT2D eigenvalue weighted by Gasteiger charge is 2.20. The van der Waals surface area contributed by atoms with Crippen LogP contribution in [0, 0.1) is 11.3 Å². The van der Waals surface area contributed by atoms with Crippen molar-refractivity contribution in [2.75, 3.05) is 6.54 Å². The molecule has 74 valence electrons. The molecule has 1 rings (SSSR count). The van der Waals surface area contributed by atoms with E-state index in [1.165, 1.54) is 6.42 Å². The van der Waals surface area contributed by atoms with Crippen LogP contribution in [0.25, 0.3) is 0 Å². The van der Waals surface area contributed by atoms with Crippen LogP contribution in [-0.2, 0) is 0 Å². The van der Waals surface area contributed by atoms with E-state index in [1.54, 1.807) is 0 Å². The Kier molecular flexibility index (Phi) is 8.21. The van der Waals surface area contributed by atoms with Gasteiger partial charge in [0, 0.05) is 11.8 Å². The van der Waals surface area contributed by atoms with Gasteiger partial charge in [-0.05, 0) is 25.3 Å². The standard InChI is InChI=1S/C8H16N2.2ClH/c1-6(2)8(9)7-4-3-5-10-7;;/h6-7,9-10H,3-5H2,1-2H3;2*1H. The lowest BCUT2D eigenvalue weighted by Gasteiger charge is -2.14. The second-order valence-corrected chi connectivity index (χ2v) is 3.26. The lowest BCUT2D eigenvalue weighted by Crippen LogP contribution is -2.33. The van der Waals surface area contributed by atoms with E-state index in [0.29, 0.717) is 12.0 Å². The van der Waals surface area contributed by atoms with E-state index in [9.17, 15) is 0 Å². The van der Waals surface area contributed by atoms with Crippen LogP contribution in [0.2, 0.25) is 0 Å². The van der Waals surface area contributed by atoms with Crippen LogP contribution in [0.5, 0.6) is 0 Å². The summed E-state index contributed by atoms with van der Waals surface area (Å²) in [5.74, 6) is 0.413. The molecule has 1 unspecified atom stereocenters. The highest BCUT2D eigenvalue weighted by atomic mass is 35.5. The maximum atomic E-state index is 7.68. The Labute approximate surface area is 86.8 Å². The van der Waals surface area contributed by atoms with Crippen molar-refractivity contribution < 1.29 is 0 Å². The summed E-state index contributed by atoms with van der Waals surface area (Å²) in [5, 5.41) is 11.0. The Balaban J connectivity index is 0. The van der Waals surface area contributed by atoms with Gasteiger partial charge in [0.1, 0.15) is 0 Å². The lowest BCUT2D eigenvalue weighted by molar-refractivity contribution is 0.703. The van der Waals surface area contributed by atoms with Crippen molar-refractivity contribution in [2.45, 2.75) is 32.7 Å². The monoisotopic (exact) mass is 212 g/mol. The van der Waals surface area contributed by atoms with Crippen LogP contribution in [-0.4, -0.2) is 18.3 Å². The first kappa shape index (κ1) is 14.7. The van der Waals surface area contributed by atoms with Crippen LogP contribution < -0.4 is 5.32 Å². The molecule has 1 aliphatic rings. The van der Waals surface area contributed by atoms with Gasteiger partial charge in [-0.3, -0.25) is 0 Å². The summed E-state index contributed by atoms with van der Waals surface area (Å²) in [6, 6.07) is 0.389. The van der Waals surface area contributed by atoms with E-state index in [1.807, 2.05) is 0 Å². The molecule has 0 aromatic heterocycles. The van der Waals surface area contributed by atoms with Gasteiger partial charge in [0.05, 0.1) is 0 Å². The van der Waals surface area contributed by atoms with Gasteiger partial charge in [0.15, 0.2) is 0 Å². The fourth-order valence-corrected chi connectivity index (χ4v) is 1.35. The van der Waals surface area contributed by atoms with Gasteiger partial charge in [-0.15, -0.1) is 24.8 Å². The molecule has 2 nitrogen and oxygen atoms in total. The minimum atomic E-state index is 0. The summed E-state index contributed by atoms with van der Waals surface area (Å²) in [5.41, 5.74) is 0.873. The zero-order chi connectivity index (χ0) is 7.56. The Morgan fingerprint density at radius 1 is 1.42 bits per heavy atom. The zero-order valence-electron chi connectivity index (χ0n) is 7.59. The summed E-state index contributed by atoms with van der Waals surface area (Å²) in [6.07, 6.45) is 2.40. The molecule has 1 atom stereocenters. The molecule has 0 amide bonds. The molecular formula is C8H18Cl2N2. The van der Waals surface area contributed by atoms with Gasteiger partial charge in [-0.1, -0.05) is 13.8 Å². The largest absolute Gasteiger partial charge is 0.309 e. The van der Waals surface area contributed by atoms with Gasteiger partial charge < -0.3 is 10.7 Å². The Bertz CT molecular complexity index is 131. The third-order valence-electron chi connectivity index (χ3n) is 2.06. The predicted octanol–water partition coefficient (Wildman–Crippen LogP) is 2.26. The van der Waals surface area contributed by atoms with Crippen LogP contribution >= 0.6 is 24.8 Å². The average Bonchev–Trinajstić information content (AvgIpc) is 2.36. The molecule has 1 heterocycles. The number of rotatable bonds is 2. The summed E-state index contributed by atoms with van der Waals surface area (Å²) in [6.45, 7) is 5.27. The molecule has 0 bridgehead atoms. The molecule has 1 saturated heterocycles. The van der Waals surface area contributed by atoms with Gasteiger partial charge in [-0.25, -0.2) is 0 Å². The normalized spacial score (nSPS) is 21.4. The zero-order valence-corrected chi connectivity index (χ0v) is 9.23. The molecular weight excluding hydrogens is 195 g/mol. The minimum Gasteiger partial charge on any atom is -0.309 e. The minimum absolute atomic E-state index is 0. The van der Waals surface area contributed by atoms with Crippen molar-refractivity contribution in [2.24, 2.45) is 5.92 Å². The predicted molar refractivity (Wildman–Crippen MR) is 58.1 cm³/mol. The fraction of sp³-hybridized carbons (Fsp3) is 0.875. The van der Waals surface area contributed by atoms with Crippen LogP contribution in [0.15, 0.2) is 0 Å². The number of hydrogen-bond donors (Lipinski definition) is 2. The van der Waals surface area contributed by atoms with E-state index in [4.69, 9.17) is 5.41 Å². The van der Waals surface area contributed by atoms with E-state index in [-0.39, 0.29) is 24.8 Å². The third kappa shape index (κ3) is 3.74. The number of hydrogen-bond acceptors (Lipinski definition) is 2.